The van der Waals surface area contributed by atoms with Crippen LogP contribution in [-0.4, -0.2) is 74.0 Å². The van der Waals surface area contributed by atoms with E-state index in [-0.39, 0.29) is 11.7 Å². The van der Waals surface area contributed by atoms with Crippen molar-refractivity contribution in [2.45, 2.75) is 13.1 Å². The number of thioether (sulfide) groups is 1. The minimum atomic E-state index is -0.0474. The van der Waals surface area contributed by atoms with Gasteiger partial charge in [-0.1, -0.05) is 16.8 Å². The summed E-state index contributed by atoms with van der Waals surface area (Å²) in [6, 6.07) is 5.02. The summed E-state index contributed by atoms with van der Waals surface area (Å²) in [6.45, 7) is 3.40. The van der Waals surface area contributed by atoms with E-state index in [0.717, 1.165) is 30.2 Å². The van der Waals surface area contributed by atoms with Crippen LogP contribution in [0.3, 0.4) is 0 Å². The van der Waals surface area contributed by atoms with Crippen LogP contribution in [-0.2, 0) is 13.1 Å². The molecule has 0 bridgehead atoms. The highest BCUT2D eigenvalue weighted by molar-refractivity contribution is 7.99. The predicted octanol–water partition coefficient (Wildman–Crippen LogP) is 1.96. The molecule has 2 heterocycles. The summed E-state index contributed by atoms with van der Waals surface area (Å²) in [4.78, 5) is 16.3. The summed E-state index contributed by atoms with van der Waals surface area (Å²) in [5.74, 6) is 2.13. The molecule has 1 fully saturated rings. The van der Waals surface area contributed by atoms with Crippen molar-refractivity contribution in [1.82, 2.24) is 24.8 Å². The summed E-state index contributed by atoms with van der Waals surface area (Å²) < 4.78 is 1.68. The zero-order valence-electron chi connectivity index (χ0n) is 14.6. The maximum absolute atomic E-state index is 12.4. The highest BCUT2D eigenvalue weighted by atomic mass is 35.5. The van der Waals surface area contributed by atoms with Crippen molar-refractivity contribution in [2.24, 2.45) is 0 Å². The molecule has 0 atom stereocenters. The molecule has 0 spiro atoms. The highest BCUT2D eigenvalue weighted by Gasteiger charge is 2.21. The lowest BCUT2D eigenvalue weighted by molar-refractivity contribution is 0.0766. The van der Waals surface area contributed by atoms with Gasteiger partial charge < -0.3 is 14.9 Å². The number of hydrogen-bond donors (Lipinski definition) is 1. The van der Waals surface area contributed by atoms with Gasteiger partial charge in [0, 0.05) is 48.3 Å². The minimum Gasteiger partial charge on any atom is -0.508 e. The fourth-order valence-corrected chi connectivity index (χ4v) is 3.86. The third kappa shape index (κ3) is 4.90. The van der Waals surface area contributed by atoms with Crippen LogP contribution in [0.2, 0.25) is 5.02 Å². The zero-order chi connectivity index (χ0) is 18.5. The van der Waals surface area contributed by atoms with Crippen LogP contribution in [0.25, 0.3) is 0 Å². The summed E-state index contributed by atoms with van der Waals surface area (Å²) in [5.41, 5.74) is 1.17. The number of aromatic nitrogens is 3. The third-order valence-electron chi connectivity index (χ3n) is 4.25. The number of carbonyl (C=O) groups is 1. The number of rotatable bonds is 6. The number of carbonyl (C=O) groups excluding carboxylic acids is 1. The number of likely N-dealkylation sites (N-methyl/N-ethyl adjacent to an activating group) is 1. The van der Waals surface area contributed by atoms with Gasteiger partial charge in [-0.05, 0) is 25.2 Å². The SMILES string of the molecule is CN(CCn1cc(C(=O)N2CCSCC2)nn1)Cc1cc(Cl)ccc1O. The second-order valence-corrected chi connectivity index (χ2v) is 7.94. The molecule has 0 saturated carbocycles. The van der Waals surface area contributed by atoms with Crippen molar-refractivity contribution in [2.75, 3.05) is 38.2 Å². The Morgan fingerprint density at radius 2 is 2.15 bits per heavy atom. The van der Waals surface area contributed by atoms with Gasteiger partial charge in [0.1, 0.15) is 5.75 Å². The average molecular weight is 396 g/mol. The summed E-state index contributed by atoms with van der Waals surface area (Å²) >= 11 is 7.84. The molecule has 1 aromatic carbocycles. The van der Waals surface area contributed by atoms with Crippen LogP contribution in [0, 0.1) is 0 Å². The van der Waals surface area contributed by atoms with Crippen molar-refractivity contribution >= 4 is 29.3 Å². The highest BCUT2D eigenvalue weighted by Crippen LogP contribution is 2.22. The molecule has 1 aliphatic rings. The lowest BCUT2D eigenvalue weighted by atomic mass is 10.2. The first kappa shape index (κ1) is 19.0. The Morgan fingerprint density at radius 3 is 2.92 bits per heavy atom. The lowest BCUT2D eigenvalue weighted by Gasteiger charge is -2.25. The topological polar surface area (TPSA) is 74.5 Å². The van der Waals surface area contributed by atoms with Gasteiger partial charge in [0.25, 0.3) is 5.91 Å². The van der Waals surface area contributed by atoms with Crippen molar-refractivity contribution in [1.29, 1.82) is 0 Å². The van der Waals surface area contributed by atoms with Crippen molar-refractivity contribution in [3.63, 3.8) is 0 Å². The minimum absolute atomic E-state index is 0.0474. The number of halogens is 1. The van der Waals surface area contributed by atoms with E-state index in [1.165, 1.54) is 0 Å². The Hall–Kier alpha value is -1.77. The Morgan fingerprint density at radius 1 is 1.38 bits per heavy atom. The molecule has 1 amide bonds. The monoisotopic (exact) mass is 395 g/mol. The molecule has 1 aromatic heterocycles. The molecule has 3 rings (SSSR count). The van der Waals surface area contributed by atoms with Crippen LogP contribution in [0.15, 0.2) is 24.4 Å². The first-order chi connectivity index (χ1) is 12.5. The fourth-order valence-electron chi connectivity index (χ4n) is 2.76. The van der Waals surface area contributed by atoms with Crippen LogP contribution in [0.4, 0.5) is 0 Å². The number of phenolic OH excluding ortho intramolecular Hbond substituents is 1. The molecule has 2 aromatic rings. The molecule has 7 nitrogen and oxygen atoms in total. The van der Waals surface area contributed by atoms with Crippen molar-refractivity contribution < 1.29 is 9.90 Å². The van der Waals surface area contributed by atoms with Crippen molar-refractivity contribution in [3.8, 4) is 5.75 Å². The Bertz CT molecular complexity index is 763. The molecule has 0 unspecified atom stereocenters. The molecule has 9 heteroatoms. The average Bonchev–Trinajstić information content (AvgIpc) is 3.12. The number of nitrogens with zero attached hydrogens (tertiary/aromatic N) is 5. The van der Waals surface area contributed by atoms with E-state index in [1.807, 2.05) is 23.7 Å². The van der Waals surface area contributed by atoms with Crippen molar-refractivity contribution in [3.05, 3.63) is 40.7 Å². The molecule has 0 aliphatic carbocycles. The van der Waals surface area contributed by atoms with Crippen LogP contribution in [0.1, 0.15) is 16.1 Å². The quantitative estimate of drug-likeness (QED) is 0.805. The maximum Gasteiger partial charge on any atom is 0.276 e. The number of aromatic hydroxyl groups is 1. The fraction of sp³-hybridized carbons (Fsp3) is 0.471. The Kier molecular flexibility index (Phi) is 6.39. The van der Waals surface area contributed by atoms with E-state index in [9.17, 15) is 9.90 Å². The number of hydrogen-bond acceptors (Lipinski definition) is 6. The second-order valence-electron chi connectivity index (χ2n) is 6.28. The van der Waals surface area contributed by atoms with E-state index >= 15 is 0 Å². The molecular formula is C17H22ClN5O2S. The van der Waals surface area contributed by atoms with Gasteiger partial charge in [-0.25, -0.2) is 0 Å². The van der Waals surface area contributed by atoms with E-state index in [0.29, 0.717) is 30.4 Å². The molecule has 1 N–H and O–H groups in total. The predicted molar refractivity (Wildman–Crippen MR) is 103 cm³/mol. The maximum atomic E-state index is 12.4. The largest absolute Gasteiger partial charge is 0.508 e. The van der Waals surface area contributed by atoms with E-state index in [2.05, 4.69) is 15.2 Å². The number of phenols is 1. The van der Waals surface area contributed by atoms with Gasteiger partial charge in [-0.3, -0.25) is 9.48 Å². The molecular weight excluding hydrogens is 374 g/mol. The summed E-state index contributed by atoms with van der Waals surface area (Å²) in [6.07, 6.45) is 1.70. The Labute approximate surface area is 161 Å². The van der Waals surface area contributed by atoms with Crippen LogP contribution in [0.5, 0.6) is 5.75 Å². The normalized spacial score (nSPS) is 14.8. The zero-order valence-corrected chi connectivity index (χ0v) is 16.2. The van der Waals surface area contributed by atoms with Gasteiger partial charge in [0.2, 0.25) is 0 Å². The van der Waals surface area contributed by atoms with E-state index < -0.39 is 0 Å². The molecule has 1 aliphatic heterocycles. The van der Waals surface area contributed by atoms with Crippen LogP contribution >= 0.6 is 23.4 Å². The number of amides is 1. The lowest BCUT2D eigenvalue weighted by Crippen LogP contribution is -2.38. The first-order valence-corrected chi connectivity index (χ1v) is 9.99. The van der Waals surface area contributed by atoms with Gasteiger partial charge in [-0.2, -0.15) is 11.8 Å². The summed E-state index contributed by atoms with van der Waals surface area (Å²) in [5, 5.41) is 18.6. The van der Waals surface area contributed by atoms with Gasteiger partial charge in [0.05, 0.1) is 12.7 Å². The number of benzene rings is 1. The standard InChI is InChI=1S/C17H22ClN5O2S/c1-21(11-13-10-14(18)2-3-16(13)24)4-5-23-12-15(19-20-23)17(25)22-6-8-26-9-7-22/h2-3,10,12,24H,4-9,11H2,1H3. The molecule has 140 valence electrons. The third-order valence-corrected chi connectivity index (χ3v) is 5.43. The molecule has 26 heavy (non-hydrogen) atoms. The van der Waals surface area contributed by atoms with Gasteiger partial charge in [-0.15, -0.1) is 5.10 Å². The molecule has 0 radical (unpaired) electrons. The summed E-state index contributed by atoms with van der Waals surface area (Å²) in [7, 11) is 1.95. The Balaban J connectivity index is 1.52. The van der Waals surface area contributed by atoms with E-state index in [4.69, 9.17) is 11.6 Å². The molecule has 1 saturated heterocycles. The smallest absolute Gasteiger partial charge is 0.276 e. The van der Waals surface area contributed by atoms with Gasteiger partial charge >= 0.3 is 0 Å². The van der Waals surface area contributed by atoms with Gasteiger partial charge in [0.15, 0.2) is 5.69 Å². The van der Waals surface area contributed by atoms with Crippen LogP contribution < -0.4 is 0 Å². The first-order valence-electron chi connectivity index (χ1n) is 8.46. The second kappa shape index (κ2) is 8.75. The van der Waals surface area contributed by atoms with E-state index in [1.54, 1.807) is 29.1 Å².